The fourth-order valence-electron chi connectivity index (χ4n) is 2.28. The zero-order chi connectivity index (χ0) is 21.4. The Morgan fingerprint density at radius 1 is 1.10 bits per heavy atom. The Kier molecular flexibility index (Phi) is 7.83. The summed E-state index contributed by atoms with van der Waals surface area (Å²) >= 11 is 3.15. The quantitative estimate of drug-likeness (QED) is 0.575. The van der Waals surface area contributed by atoms with E-state index in [2.05, 4.69) is 31.9 Å². The van der Waals surface area contributed by atoms with Gasteiger partial charge in [-0.15, -0.1) is 0 Å². The van der Waals surface area contributed by atoms with E-state index < -0.39 is 11.7 Å². The minimum absolute atomic E-state index is 0.105. The maximum absolute atomic E-state index is 12.1. The molecule has 8 nitrogen and oxygen atoms in total. The van der Waals surface area contributed by atoms with Gasteiger partial charge in [-0.05, 0) is 66.5 Å². The Morgan fingerprint density at radius 2 is 1.86 bits per heavy atom. The van der Waals surface area contributed by atoms with E-state index in [0.717, 1.165) is 5.56 Å². The number of nitrogens with one attached hydrogen (secondary N) is 3. The van der Waals surface area contributed by atoms with Crippen molar-refractivity contribution >= 4 is 39.5 Å². The highest BCUT2D eigenvalue weighted by Crippen LogP contribution is 2.15. The van der Waals surface area contributed by atoms with Gasteiger partial charge in [-0.3, -0.25) is 9.59 Å². The molecule has 0 saturated heterocycles. The Labute approximate surface area is 177 Å². The van der Waals surface area contributed by atoms with Crippen LogP contribution in [0.5, 0.6) is 0 Å². The molecular formula is C20H24BrN3O5. The van der Waals surface area contributed by atoms with Gasteiger partial charge in [-0.2, -0.15) is 0 Å². The second-order valence-corrected chi connectivity index (χ2v) is 8.00. The summed E-state index contributed by atoms with van der Waals surface area (Å²) in [4.78, 5) is 35.6. The molecule has 1 aromatic carbocycles. The number of carbonyl (C=O) groups excluding carboxylic acids is 3. The molecule has 0 atom stereocenters. The van der Waals surface area contributed by atoms with E-state index in [4.69, 9.17) is 9.15 Å². The number of rotatable bonds is 7. The lowest BCUT2D eigenvalue weighted by Crippen LogP contribution is -2.34. The summed E-state index contributed by atoms with van der Waals surface area (Å²) in [7, 11) is 0. The molecule has 2 aromatic rings. The highest BCUT2D eigenvalue weighted by molar-refractivity contribution is 9.10. The van der Waals surface area contributed by atoms with Crippen LogP contribution >= 0.6 is 15.9 Å². The minimum atomic E-state index is -0.588. The van der Waals surface area contributed by atoms with Crippen molar-refractivity contribution in [2.45, 2.75) is 39.3 Å². The van der Waals surface area contributed by atoms with Crippen molar-refractivity contribution in [1.29, 1.82) is 0 Å². The van der Waals surface area contributed by atoms with E-state index in [1.54, 1.807) is 51.1 Å². The van der Waals surface area contributed by atoms with Gasteiger partial charge in [0.2, 0.25) is 5.91 Å². The monoisotopic (exact) mass is 465 g/mol. The van der Waals surface area contributed by atoms with Crippen LogP contribution in [0.3, 0.4) is 0 Å². The second-order valence-electron chi connectivity index (χ2n) is 7.21. The van der Waals surface area contributed by atoms with E-state index in [9.17, 15) is 14.4 Å². The molecule has 9 heteroatoms. The van der Waals surface area contributed by atoms with E-state index in [0.29, 0.717) is 10.4 Å². The van der Waals surface area contributed by atoms with Crippen molar-refractivity contribution in [3.63, 3.8) is 0 Å². The smallest absolute Gasteiger partial charge is 0.407 e. The number of furan rings is 1. The highest BCUT2D eigenvalue weighted by Gasteiger charge is 2.16. The first kappa shape index (κ1) is 22.5. The summed E-state index contributed by atoms with van der Waals surface area (Å²) in [6.07, 6.45) is -0.459. The first-order valence-electron chi connectivity index (χ1n) is 9.01. The molecule has 0 radical (unpaired) electrons. The number of amides is 3. The number of hydrogen-bond donors (Lipinski definition) is 3. The maximum Gasteiger partial charge on any atom is 0.407 e. The number of benzene rings is 1. The van der Waals surface area contributed by atoms with Crippen LogP contribution < -0.4 is 16.0 Å². The molecule has 156 valence electrons. The van der Waals surface area contributed by atoms with Gasteiger partial charge < -0.3 is 25.1 Å². The molecule has 0 aliphatic heterocycles. The summed E-state index contributed by atoms with van der Waals surface area (Å²) < 4.78 is 10.8. The van der Waals surface area contributed by atoms with Crippen LogP contribution in [0, 0.1) is 0 Å². The maximum atomic E-state index is 12.1. The molecule has 0 saturated carbocycles. The van der Waals surface area contributed by atoms with Crippen LogP contribution in [0.1, 0.15) is 43.3 Å². The van der Waals surface area contributed by atoms with Gasteiger partial charge in [0, 0.05) is 25.2 Å². The van der Waals surface area contributed by atoms with Crippen LogP contribution in [0.2, 0.25) is 0 Å². The Bertz CT molecular complexity index is 873. The molecule has 0 aliphatic carbocycles. The standard InChI is InChI=1S/C20H24BrN3O5/c1-20(2,3)29-19(27)22-10-9-17(25)24-14-6-4-5-13(11-14)12-23-18(26)15-7-8-16(21)28-15/h4-8,11H,9-10,12H2,1-3H3,(H,22,27)(H,23,26)(H,24,25). The third kappa shape index (κ3) is 8.39. The molecular weight excluding hydrogens is 442 g/mol. The molecule has 2 rings (SSSR count). The fourth-order valence-corrected chi connectivity index (χ4v) is 2.59. The normalized spacial score (nSPS) is 10.9. The van der Waals surface area contributed by atoms with Crippen LogP contribution in [-0.2, 0) is 16.1 Å². The lowest BCUT2D eigenvalue weighted by atomic mass is 10.2. The first-order chi connectivity index (χ1) is 13.6. The molecule has 0 aliphatic rings. The highest BCUT2D eigenvalue weighted by atomic mass is 79.9. The third-order valence-electron chi connectivity index (χ3n) is 3.48. The zero-order valence-electron chi connectivity index (χ0n) is 16.5. The number of carbonyl (C=O) groups is 3. The first-order valence-corrected chi connectivity index (χ1v) is 9.81. The third-order valence-corrected chi connectivity index (χ3v) is 3.91. The average Bonchev–Trinajstić information content (AvgIpc) is 3.05. The van der Waals surface area contributed by atoms with E-state index in [1.165, 1.54) is 0 Å². The van der Waals surface area contributed by atoms with Crippen molar-refractivity contribution in [2.24, 2.45) is 0 Å². The summed E-state index contributed by atoms with van der Waals surface area (Å²) in [5.41, 5.74) is 0.823. The molecule has 1 aromatic heterocycles. The molecule has 3 N–H and O–H groups in total. The summed E-state index contributed by atoms with van der Waals surface area (Å²) in [6.45, 7) is 5.74. The van der Waals surface area contributed by atoms with E-state index in [1.807, 2.05) is 6.07 Å². The predicted octanol–water partition coefficient (Wildman–Crippen LogP) is 3.83. The number of halogens is 1. The molecule has 0 unspecified atom stereocenters. The molecule has 1 heterocycles. The topological polar surface area (TPSA) is 110 Å². The second kappa shape index (κ2) is 10.1. The summed E-state index contributed by atoms with van der Waals surface area (Å²) in [5.74, 6) is -0.375. The minimum Gasteiger partial charge on any atom is -0.444 e. The summed E-state index contributed by atoms with van der Waals surface area (Å²) in [5, 5.41) is 8.04. The number of ether oxygens (including phenoxy) is 1. The molecule has 0 fully saturated rings. The van der Waals surface area contributed by atoms with Crippen LogP contribution in [0.15, 0.2) is 45.5 Å². The van der Waals surface area contributed by atoms with Gasteiger partial charge in [0.1, 0.15) is 5.60 Å². The Morgan fingerprint density at radius 3 is 2.52 bits per heavy atom. The van der Waals surface area contributed by atoms with Gasteiger partial charge in [0.05, 0.1) is 0 Å². The Hall–Kier alpha value is -2.81. The van der Waals surface area contributed by atoms with Gasteiger partial charge >= 0.3 is 6.09 Å². The molecule has 3 amide bonds. The van der Waals surface area contributed by atoms with E-state index in [-0.39, 0.29) is 37.1 Å². The predicted molar refractivity (Wildman–Crippen MR) is 112 cm³/mol. The lowest BCUT2D eigenvalue weighted by Gasteiger charge is -2.19. The SMILES string of the molecule is CC(C)(C)OC(=O)NCCC(=O)Nc1cccc(CNC(=O)c2ccc(Br)o2)c1. The van der Waals surface area contributed by atoms with Crippen molar-refractivity contribution in [3.8, 4) is 0 Å². The van der Waals surface area contributed by atoms with Crippen LogP contribution in [-0.4, -0.2) is 30.1 Å². The fraction of sp³-hybridized carbons (Fsp3) is 0.350. The number of hydrogen-bond acceptors (Lipinski definition) is 5. The largest absolute Gasteiger partial charge is 0.444 e. The molecule has 29 heavy (non-hydrogen) atoms. The van der Waals surface area contributed by atoms with Gasteiger partial charge in [0.15, 0.2) is 10.4 Å². The zero-order valence-corrected chi connectivity index (χ0v) is 18.1. The average molecular weight is 466 g/mol. The van der Waals surface area contributed by atoms with Crippen molar-refractivity contribution in [3.05, 3.63) is 52.4 Å². The number of alkyl carbamates (subject to hydrolysis) is 1. The Balaban J connectivity index is 1.77. The van der Waals surface area contributed by atoms with Crippen LogP contribution in [0.4, 0.5) is 10.5 Å². The van der Waals surface area contributed by atoms with Gasteiger partial charge in [-0.1, -0.05) is 12.1 Å². The lowest BCUT2D eigenvalue weighted by molar-refractivity contribution is -0.116. The van der Waals surface area contributed by atoms with E-state index >= 15 is 0 Å². The van der Waals surface area contributed by atoms with Crippen molar-refractivity contribution in [1.82, 2.24) is 10.6 Å². The summed E-state index contributed by atoms with van der Waals surface area (Å²) in [6, 6.07) is 10.3. The van der Waals surface area contributed by atoms with Crippen molar-refractivity contribution in [2.75, 3.05) is 11.9 Å². The molecule has 0 bridgehead atoms. The molecule has 0 spiro atoms. The van der Waals surface area contributed by atoms with Crippen LogP contribution in [0.25, 0.3) is 0 Å². The van der Waals surface area contributed by atoms with Gasteiger partial charge in [-0.25, -0.2) is 4.79 Å². The number of anilines is 1. The van der Waals surface area contributed by atoms with Crippen molar-refractivity contribution < 1.29 is 23.5 Å². The van der Waals surface area contributed by atoms with Gasteiger partial charge in [0.25, 0.3) is 5.91 Å².